The number of hydrogen-bond acceptors (Lipinski definition) is 1. The van der Waals surface area contributed by atoms with E-state index in [0.717, 1.165) is 0 Å². The van der Waals surface area contributed by atoms with Crippen molar-refractivity contribution in [3.05, 3.63) is 23.3 Å². The molecule has 0 spiro atoms. The van der Waals surface area contributed by atoms with Crippen molar-refractivity contribution in [3.8, 4) is 0 Å². The summed E-state index contributed by atoms with van der Waals surface area (Å²) in [7, 11) is 0. The number of hydrogen-bond donors (Lipinski definition) is 1. The second-order valence-electron chi connectivity index (χ2n) is 2.57. The first kappa shape index (κ1) is 12.7. The van der Waals surface area contributed by atoms with Gasteiger partial charge < -0.3 is 5.73 Å². The monoisotopic (exact) mass is 154 g/mol. The molecule has 0 fully saturated rings. The molecule has 0 saturated carbocycles. The minimum atomic E-state index is 0.262. The van der Waals surface area contributed by atoms with Gasteiger partial charge in [0, 0.05) is 0 Å². The maximum Gasteiger partial charge on any atom is 0.182 e. The van der Waals surface area contributed by atoms with Crippen LogP contribution in [-0.2, 0) is 0 Å². The molecule has 0 heterocycles. The SMILES string of the molecule is CCC.[C-]#[N+]/C(=C/N)C(C)C. The van der Waals surface area contributed by atoms with Gasteiger partial charge in [0.25, 0.3) is 0 Å². The topological polar surface area (TPSA) is 30.4 Å². The smallest absolute Gasteiger partial charge is 0.182 e. The first-order valence-corrected chi connectivity index (χ1v) is 3.93. The van der Waals surface area contributed by atoms with E-state index in [-0.39, 0.29) is 5.92 Å². The lowest BCUT2D eigenvalue weighted by atomic mass is 10.2. The van der Waals surface area contributed by atoms with Crippen LogP contribution in [0.3, 0.4) is 0 Å². The third kappa shape index (κ3) is 9.03. The van der Waals surface area contributed by atoms with E-state index in [1.54, 1.807) is 0 Å². The average Bonchev–Trinajstić information content (AvgIpc) is 1.91. The highest BCUT2D eigenvalue weighted by molar-refractivity contribution is 5.10. The van der Waals surface area contributed by atoms with E-state index in [4.69, 9.17) is 12.3 Å². The van der Waals surface area contributed by atoms with Crippen molar-refractivity contribution >= 4 is 0 Å². The summed E-state index contributed by atoms with van der Waals surface area (Å²) in [4.78, 5) is 3.19. The molecule has 0 aromatic carbocycles. The third-order valence-electron chi connectivity index (χ3n) is 0.891. The zero-order valence-corrected chi connectivity index (χ0v) is 7.89. The third-order valence-corrected chi connectivity index (χ3v) is 0.891. The molecule has 0 aliphatic rings. The van der Waals surface area contributed by atoms with E-state index in [9.17, 15) is 0 Å². The van der Waals surface area contributed by atoms with E-state index < -0.39 is 0 Å². The highest BCUT2D eigenvalue weighted by atomic mass is 14.7. The van der Waals surface area contributed by atoms with Crippen LogP contribution in [0.15, 0.2) is 11.9 Å². The van der Waals surface area contributed by atoms with E-state index >= 15 is 0 Å². The molecule has 2 nitrogen and oxygen atoms in total. The Morgan fingerprint density at radius 2 is 1.91 bits per heavy atom. The zero-order valence-electron chi connectivity index (χ0n) is 7.89. The highest BCUT2D eigenvalue weighted by Gasteiger charge is 1.98. The van der Waals surface area contributed by atoms with Crippen molar-refractivity contribution in [2.75, 3.05) is 0 Å². The fourth-order valence-electron chi connectivity index (χ4n) is 0.359. The predicted octanol–water partition coefficient (Wildman–Crippen LogP) is 2.78. The van der Waals surface area contributed by atoms with E-state index in [1.807, 2.05) is 13.8 Å². The summed E-state index contributed by atoms with van der Waals surface area (Å²) in [5.74, 6) is 0.262. The van der Waals surface area contributed by atoms with Crippen molar-refractivity contribution < 1.29 is 0 Å². The van der Waals surface area contributed by atoms with Gasteiger partial charge in [-0.2, -0.15) is 0 Å². The number of nitrogens with zero attached hydrogens (tertiary/aromatic N) is 1. The molecule has 0 aromatic rings. The van der Waals surface area contributed by atoms with Crippen LogP contribution in [0.2, 0.25) is 0 Å². The van der Waals surface area contributed by atoms with Crippen LogP contribution < -0.4 is 5.73 Å². The highest BCUT2D eigenvalue weighted by Crippen LogP contribution is 2.07. The van der Waals surface area contributed by atoms with Gasteiger partial charge in [-0.25, -0.2) is 4.85 Å². The fourth-order valence-corrected chi connectivity index (χ4v) is 0.359. The Kier molecular flexibility index (Phi) is 10.4. The van der Waals surface area contributed by atoms with Gasteiger partial charge in [0.05, 0.1) is 6.57 Å². The Hall–Kier alpha value is -0.970. The predicted molar refractivity (Wildman–Crippen MR) is 49.7 cm³/mol. The minimum Gasteiger partial charge on any atom is -0.414 e. The standard InChI is InChI=1S/C6H10N2.C3H8/c1-5(2)6(4-7)8-3;1-3-2/h4-5H,7H2,1-2H3;3H2,1-2H3/b6-4+;. The largest absolute Gasteiger partial charge is 0.414 e. The molecule has 0 saturated heterocycles. The van der Waals surface area contributed by atoms with Gasteiger partial charge in [0.15, 0.2) is 5.70 Å². The molecular weight excluding hydrogens is 136 g/mol. The van der Waals surface area contributed by atoms with E-state index in [1.165, 1.54) is 12.6 Å². The molecule has 2 N–H and O–H groups in total. The van der Waals surface area contributed by atoms with Crippen LogP contribution in [-0.4, -0.2) is 0 Å². The number of rotatable bonds is 1. The maximum atomic E-state index is 6.57. The Morgan fingerprint density at radius 1 is 1.55 bits per heavy atom. The Morgan fingerprint density at radius 3 is 1.91 bits per heavy atom. The first-order valence-electron chi connectivity index (χ1n) is 3.93. The summed E-state index contributed by atoms with van der Waals surface area (Å²) < 4.78 is 0. The molecule has 2 heteroatoms. The summed E-state index contributed by atoms with van der Waals surface area (Å²) in [5.41, 5.74) is 5.74. The van der Waals surface area contributed by atoms with Crippen molar-refractivity contribution in [3.63, 3.8) is 0 Å². The van der Waals surface area contributed by atoms with Crippen LogP contribution in [0.1, 0.15) is 34.1 Å². The van der Waals surface area contributed by atoms with Gasteiger partial charge >= 0.3 is 0 Å². The molecule has 0 aliphatic carbocycles. The van der Waals surface area contributed by atoms with Crippen LogP contribution in [0.4, 0.5) is 0 Å². The fraction of sp³-hybridized carbons (Fsp3) is 0.667. The Labute approximate surface area is 69.9 Å². The molecule has 0 radical (unpaired) electrons. The second-order valence-corrected chi connectivity index (χ2v) is 2.57. The van der Waals surface area contributed by atoms with Crippen molar-refractivity contribution in [2.45, 2.75) is 34.1 Å². The molecule has 0 unspecified atom stereocenters. The first-order chi connectivity index (χ1) is 5.13. The molecule has 0 rings (SSSR count). The van der Waals surface area contributed by atoms with Crippen LogP contribution in [0, 0.1) is 12.5 Å². The van der Waals surface area contributed by atoms with Crippen LogP contribution in [0.25, 0.3) is 4.85 Å². The molecule has 0 atom stereocenters. The summed E-state index contributed by atoms with van der Waals surface area (Å²) in [5, 5.41) is 0. The van der Waals surface area contributed by atoms with Crippen LogP contribution >= 0.6 is 0 Å². The maximum absolute atomic E-state index is 6.57. The molecule has 64 valence electrons. The van der Waals surface area contributed by atoms with E-state index in [0.29, 0.717) is 5.70 Å². The van der Waals surface area contributed by atoms with Gasteiger partial charge in [-0.15, -0.1) is 0 Å². The summed E-state index contributed by atoms with van der Waals surface area (Å²) in [6, 6.07) is 0. The van der Waals surface area contributed by atoms with Gasteiger partial charge in [-0.05, 0) is 12.1 Å². The number of allylic oxidation sites excluding steroid dienone is 1. The van der Waals surface area contributed by atoms with Gasteiger partial charge in [-0.1, -0.05) is 34.1 Å². The molecule has 0 aliphatic heterocycles. The Bertz CT molecular complexity index is 140. The van der Waals surface area contributed by atoms with E-state index in [2.05, 4.69) is 18.7 Å². The molecule has 0 amide bonds. The lowest BCUT2D eigenvalue weighted by Crippen LogP contribution is -1.92. The minimum absolute atomic E-state index is 0.262. The van der Waals surface area contributed by atoms with Gasteiger partial charge in [0.1, 0.15) is 0 Å². The lowest BCUT2D eigenvalue weighted by Gasteiger charge is -1.96. The summed E-state index contributed by atoms with van der Waals surface area (Å²) >= 11 is 0. The Balaban J connectivity index is 0. The lowest BCUT2D eigenvalue weighted by molar-refractivity contribution is 0.787. The molecule has 0 bridgehead atoms. The summed E-state index contributed by atoms with van der Waals surface area (Å²) in [6.45, 7) is 14.7. The quantitative estimate of drug-likeness (QED) is 0.578. The van der Waals surface area contributed by atoms with Crippen molar-refractivity contribution in [2.24, 2.45) is 11.7 Å². The van der Waals surface area contributed by atoms with Gasteiger partial charge in [0.2, 0.25) is 0 Å². The average molecular weight is 154 g/mol. The van der Waals surface area contributed by atoms with Crippen molar-refractivity contribution in [1.82, 2.24) is 0 Å². The molecule has 11 heavy (non-hydrogen) atoms. The zero-order chi connectivity index (χ0) is 9.28. The van der Waals surface area contributed by atoms with Crippen LogP contribution in [0.5, 0.6) is 0 Å². The number of nitrogens with two attached hydrogens (primary N) is 1. The van der Waals surface area contributed by atoms with Gasteiger partial charge in [-0.3, -0.25) is 0 Å². The molecular formula is C9H18N2. The molecule has 0 aromatic heterocycles. The van der Waals surface area contributed by atoms with Crippen molar-refractivity contribution in [1.29, 1.82) is 0 Å². The second kappa shape index (κ2) is 9.03. The normalized spacial score (nSPS) is 10.0. The summed E-state index contributed by atoms with van der Waals surface area (Å²) in [6.07, 6.45) is 2.61.